The monoisotopic (exact) mass is 531 g/mol. The molecule has 4 aromatic rings. The fourth-order valence-corrected chi connectivity index (χ4v) is 6.89. The maximum Gasteiger partial charge on any atom is 0.301 e. The van der Waals surface area contributed by atoms with Gasteiger partial charge in [-0.15, -0.1) is 0 Å². The van der Waals surface area contributed by atoms with E-state index in [1.165, 1.54) is 16.7 Å². The van der Waals surface area contributed by atoms with Crippen LogP contribution in [-0.4, -0.2) is 29.6 Å². The molecule has 4 aromatic carbocycles. The van der Waals surface area contributed by atoms with Crippen molar-refractivity contribution in [2.75, 3.05) is 22.2 Å². The van der Waals surface area contributed by atoms with Gasteiger partial charge >= 0.3 is 5.91 Å². The largest absolute Gasteiger partial charge is 0.497 e. The van der Waals surface area contributed by atoms with Gasteiger partial charge in [-0.25, -0.2) is 0 Å². The minimum Gasteiger partial charge on any atom is -0.497 e. The molecule has 7 rings (SSSR count). The van der Waals surface area contributed by atoms with E-state index in [0.717, 1.165) is 10.6 Å². The Bertz CT molecular complexity index is 1720. The summed E-state index contributed by atoms with van der Waals surface area (Å²) in [5, 5.41) is 3.41. The van der Waals surface area contributed by atoms with Crippen molar-refractivity contribution in [1.82, 2.24) is 0 Å². The first-order valence-electron chi connectivity index (χ1n) is 12.4. The lowest BCUT2D eigenvalue weighted by Gasteiger charge is -2.45. The van der Waals surface area contributed by atoms with Crippen LogP contribution in [0.4, 0.5) is 22.7 Å². The molecule has 0 saturated carbocycles. The standard InChI is InChI=1S/C31H21N3O4S/c1-38-21-17-15-19(16-18-21)27-26-28(35)29(36)34-24-13-7-6-12-23(24)33(20-9-3-2-4-10-20)30(37)31(26,34)39-25-14-8-5-11-22(25)32-27/h2-18,32H,1H3. The van der Waals surface area contributed by atoms with Gasteiger partial charge in [-0.1, -0.05) is 54.2 Å². The molecular weight excluding hydrogens is 510 g/mol. The Balaban J connectivity index is 1.58. The van der Waals surface area contributed by atoms with Gasteiger partial charge in [-0.2, -0.15) is 0 Å². The van der Waals surface area contributed by atoms with Crippen molar-refractivity contribution in [1.29, 1.82) is 0 Å². The summed E-state index contributed by atoms with van der Waals surface area (Å²) in [5.74, 6) is -1.20. The molecule has 0 bridgehead atoms. The van der Waals surface area contributed by atoms with Gasteiger partial charge < -0.3 is 10.1 Å². The fourth-order valence-electron chi connectivity index (χ4n) is 5.45. The molecule has 1 fully saturated rings. The molecule has 190 valence electrons. The molecular formula is C31H21N3O4S. The van der Waals surface area contributed by atoms with Crippen molar-refractivity contribution in [3.8, 4) is 5.75 Å². The van der Waals surface area contributed by atoms with Crippen LogP contribution in [0.25, 0.3) is 5.70 Å². The van der Waals surface area contributed by atoms with E-state index in [1.54, 1.807) is 36.3 Å². The van der Waals surface area contributed by atoms with Gasteiger partial charge in [-0.3, -0.25) is 24.2 Å². The van der Waals surface area contributed by atoms with Crippen LogP contribution in [0, 0.1) is 0 Å². The lowest BCUT2D eigenvalue weighted by molar-refractivity contribution is -0.132. The first kappa shape index (κ1) is 23.3. The Morgan fingerprint density at radius 1 is 0.769 bits per heavy atom. The normalized spacial score (nSPS) is 19.6. The van der Waals surface area contributed by atoms with Crippen LogP contribution in [0.2, 0.25) is 0 Å². The number of fused-ring (bicyclic) bond motifs is 3. The Labute approximate surface area is 228 Å². The molecule has 1 atom stereocenters. The Morgan fingerprint density at radius 2 is 1.44 bits per heavy atom. The summed E-state index contributed by atoms with van der Waals surface area (Å²) in [6.45, 7) is 0. The molecule has 1 N–H and O–H groups in total. The van der Waals surface area contributed by atoms with Gasteiger partial charge in [0.05, 0.1) is 35.4 Å². The molecule has 1 saturated heterocycles. The third-order valence-electron chi connectivity index (χ3n) is 7.18. The zero-order valence-electron chi connectivity index (χ0n) is 20.8. The second-order valence-corrected chi connectivity index (χ2v) is 10.5. The zero-order valence-corrected chi connectivity index (χ0v) is 21.6. The molecule has 39 heavy (non-hydrogen) atoms. The fraction of sp³-hybridized carbons (Fsp3) is 0.0645. The van der Waals surface area contributed by atoms with E-state index >= 15 is 0 Å². The van der Waals surface area contributed by atoms with Crippen LogP contribution in [0.5, 0.6) is 5.75 Å². The molecule has 3 aliphatic rings. The Kier molecular flexibility index (Phi) is 5.14. The van der Waals surface area contributed by atoms with E-state index in [4.69, 9.17) is 4.74 Å². The van der Waals surface area contributed by atoms with E-state index in [2.05, 4.69) is 5.32 Å². The smallest absolute Gasteiger partial charge is 0.301 e. The predicted molar refractivity (Wildman–Crippen MR) is 151 cm³/mol. The van der Waals surface area contributed by atoms with Crippen LogP contribution < -0.4 is 19.9 Å². The van der Waals surface area contributed by atoms with Crippen LogP contribution >= 0.6 is 11.8 Å². The van der Waals surface area contributed by atoms with Crippen molar-refractivity contribution in [2.24, 2.45) is 0 Å². The minimum atomic E-state index is -1.67. The molecule has 2 amide bonds. The Morgan fingerprint density at radius 3 is 2.18 bits per heavy atom. The Hall–Kier alpha value is -4.82. The highest BCUT2D eigenvalue weighted by Gasteiger charge is 2.67. The molecule has 8 heteroatoms. The quantitative estimate of drug-likeness (QED) is 0.346. The highest BCUT2D eigenvalue weighted by Crippen LogP contribution is 2.59. The van der Waals surface area contributed by atoms with Gasteiger partial charge in [0.1, 0.15) is 5.75 Å². The maximum atomic E-state index is 14.9. The number of thioether (sulfide) groups is 1. The summed E-state index contributed by atoms with van der Waals surface area (Å²) in [6, 6.07) is 31.3. The molecule has 0 aromatic heterocycles. The molecule has 3 aliphatic heterocycles. The number of ether oxygens (including phenoxy) is 1. The van der Waals surface area contributed by atoms with Gasteiger partial charge in [0.25, 0.3) is 11.7 Å². The lowest BCUT2D eigenvalue weighted by atomic mass is 9.95. The highest BCUT2D eigenvalue weighted by atomic mass is 32.2. The minimum absolute atomic E-state index is 0.110. The van der Waals surface area contributed by atoms with E-state index in [0.29, 0.717) is 34.1 Å². The zero-order chi connectivity index (χ0) is 26.7. The van der Waals surface area contributed by atoms with Crippen LogP contribution in [0.15, 0.2) is 114 Å². The summed E-state index contributed by atoms with van der Waals surface area (Å²) in [5.41, 5.74) is 3.60. The van der Waals surface area contributed by atoms with Crippen molar-refractivity contribution < 1.29 is 19.1 Å². The number of nitrogens with one attached hydrogen (secondary N) is 1. The van der Waals surface area contributed by atoms with E-state index in [9.17, 15) is 14.4 Å². The summed E-state index contributed by atoms with van der Waals surface area (Å²) in [6.07, 6.45) is 0. The number of Topliss-reactive ketones (excluding diaryl/α,β-unsaturated/α-hetero) is 1. The van der Waals surface area contributed by atoms with E-state index < -0.39 is 22.5 Å². The second kappa shape index (κ2) is 8.61. The van der Waals surface area contributed by atoms with E-state index in [1.807, 2.05) is 78.9 Å². The van der Waals surface area contributed by atoms with Gasteiger partial charge in [-0.05, 0) is 66.2 Å². The average molecular weight is 532 g/mol. The number of methoxy groups -OCH3 is 1. The SMILES string of the molecule is COc1ccc(C2=C3C(=O)C(=O)N4c5ccccc5N(c5ccccc5)C(=O)C34Sc3ccccc3N2)cc1. The van der Waals surface area contributed by atoms with Crippen molar-refractivity contribution in [3.05, 3.63) is 114 Å². The number of rotatable bonds is 3. The first-order chi connectivity index (χ1) is 19.0. The second-order valence-electron chi connectivity index (χ2n) is 9.28. The molecule has 1 unspecified atom stereocenters. The number of nitrogens with zero attached hydrogens (tertiary/aromatic N) is 2. The summed E-state index contributed by atoms with van der Waals surface area (Å²) >= 11 is 1.21. The number of anilines is 4. The predicted octanol–water partition coefficient (Wildman–Crippen LogP) is 5.61. The number of hydrogen-bond acceptors (Lipinski definition) is 6. The summed E-state index contributed by atoms with van der Waals surface area (Å²) in [4.78, 5) is 44.9. The van der Waals surface area contributed by atoms with Crippen LogP contribution in [0.1, 0.15) is 5.56 Å². The summed E-state index contributed by atoms with van der Waals surface area (Å²) < 4.78 is 5.34. The average Bonchev–Trinajstić information content (AvgIpc) is 3.10. The van der Waals surface area contributed by atoms with Crippen molar-refractivity contribution >= 4 is 57.8 Å². The van der Waals surface area contributed by atoms with Gasteiger partial charge in [0.2, 0.25) is 4.87 Å². The number of amides is 2. The first-order valence-corrected chi connectivity index (χ1v) is 13.2. The number of benzene rings is 4. The lowest BCUT2D eigenvalue weighted by Crippen LogP contribution is -2.59. The number of para-hydroxylation sites is 4. The number of ketones is 1. The molecule has 7 nitrogen and oxygen atoms in total. The topological polar surface area (TPSA) is 79.0 Å². The number of hydrogen-bond donors (Lipinski definition) is 1. The number of carbonyl (C=O) groups is 3. The summed E-state index contributed by atoms with van der Waals surface area (Å²) in [7, 11) is 1.58. The molecule has 3 heterocycles. The van der Waals surface area contributed by atoms with Crippen LogP contribution in [0.3, 0.4) is 0 Å². The van der Waals surface area contributed by atoms with E-state index in [-0.39, 0.29) is 5.57 Å². The van der Waals surface area contributed by atoms with Crippen LogP contribution in [-0.2, 0) is 14.4 Å². The van der Waals surface area contributed by atoms with Crippen molar-refractivity contribution in [3.63, 3.8) is 0 Å². The van der Waals surface area contributed by atoms with Crippen molar-refractivity contribution in [2.45, 2.75) is 9.77 Å². The third-order valence-corrected chi connectivity index (χ3v) is 8.61. The maximum absolute atomic E-state index is 14.9. The third kappa shape index (κ3) is 3.21. The molecule has 1 spiro atoms. The number of carbonyl (C=O) groups excluding carboxylic acids is 3. The van der Waals surface area contributed by atoms with Gasteiger partial charge in [0, 0.05) is 10.6 Å². The van der Waals surface area contributed by atoms with Gasteiger partial charge in [0.15, 0.2) is 0 Å². The molecule has 0 aliphatic carbocycles. The molecule has 0 radical (unpaired) electrons. The highest BCUT2D eigenvalue weighted by molar-refractivity contribution is 8.02.